The number of para-hydroxylation sites is 2. The second kappa shape index (κ2) is 5.21. The van der Waals surface area contributed by atoms with Gasteiger partial charge in [0, 0.05) is 23.3 Å². The Labute approximate surface area is 121 Å². The number of hydrogen-bond acceptors (Lipinski definition) is 3. The van der Waals surface area contributed by atoms with Gasteiger partial charge in [0.25, 0.3) is 0 Å². The van der Waals surface area contributed by atoms with Crippen LogP contribution in [0, 0.1) is 0 Å². The van der Waals surface area contributed by atoms with E-state index in [9.17, 15) is 0 Å². The van der Waals surface area contributed by atoms with Gasteiger partial charge in [0.15, 0.2) is 0 Å². The van der Waals surface area contributed by atoms with E-state index in [1.807, 2.05) is 12.3 Å². The normalized spacial score (nSPS) is 17.8. The van der Waals surface area contributed by atoms with Gasteiger partial charge in [-0.25, -0.2) is 0 Å². The van der Waals surface area contributed by atoms with E-state index < -0.39 is 0 Å². The lowest BCUT2D eigenvalue weighted by molar-refractivity contribution is 0.635. The molecule has 2 aromatic rings. The smallest absolute Gasteiger partial charge is 0.0608 e. The first-order valence-corrected chi connectivity index (χ1v) is 7.23. The molecular formula is C15H16BrN3. The Hall–Kier alpha value is -1.55. The van der Waals surface area contributed by atoms with Crippen LogP contribution in [0.3, 0.4) is 0 Å². The zero-order valence-corrected chi connectivity index (χ0v) is 12.4. The van der Waals surface area contributed by atoms with Crippen molar-refractivity contribution in [3.05, 3.63) is 52.8 Å². The largest absolute Gasteiger partial charge is 0.381 e. The highest BCUT2D eigenvalue weighted by atomic mass is 79.9. The van der Waals surface area contributed by atoms with Crippen molar-refractivity contribution in [1.82, 2.24) is 4.98 Å². The molecule has 0 saturated heterocycles. The first-order valence-electron chi connectivity index (χ1n) is 6.44. The molecule has 4 heteroatoms. The molecule has 0 saturated carbocycles. The van der Waals surface area contributed by atoms with Crippen molar-refractivity contribution in [3.8, 4) is 0 Å². The summed E-state index contributed by atoms with van der Waals surface area (Å²) in [6.07, 6.45) is 1.86. The Morgan fingerprint density at radius 3 is 2.95 bits per heavy atom. The molecule has 1 aliphatic rings. The number of fused-ring (bicyclic) bond motifs is 1. The molecule has 3 rings (SSSR count). The van der Waals surface area contributed by atoms with Gasteiger partial charge in [0.2, 0.25) is 0 Å². The lowest BCUT2D eigenvalue weighted by atomic mass is 10.1. The van der Waals surface area contributed by atoms with Crippen LogP contribution in [0.25, 0.3) is 0 Å². The summed E-state index contributed by atoms with van der Waals surface area (Å²) in [6.45, 7) is 4.04. The predicted octanol–water partition coefficient (Wildman–Crippen LogP) is 3.66. The van der Waals surface area contributed by atoms with Crippen molar-refractivity contribution in [2.75, 3.05) is 16.8 Å². The maximum absolute atomic E-state index is 4.47. The summed E-state index contributed by atoms with van der Waals surface area (Å²) < 4.78 is 1.02. The van der Waals surface area contributed by atoms with Crippen molar-refractivity contribution in [2.24, 2.45) is 0 Å². The van der Waals surface area contributed by atoms with Crippen molar-refractivity contribution >= 4 is 27.3 Å². The summed E-state index contributed by atoms with van der Waals surface area (Å²) in [6, 6.07) is 13.0. The number of nitrogens with zero attached hydrogens (tertiary/aromatic N) is 2. The summed E-state index contributed by atoms with van der Waals surface area (Å²) in [7, 11) is 0. The molecule has 0 radical (unpaired) electrons. The minimum absolute atomic E-state index is 0.459. The molecule has 1 aliphatic heterocycles. The fourth-order valence-electron chi connectivity index (χ4n) is 2.39. The van der Waals surface area contributed by atoms with Crippen LogP contribution in [0.1, 0.15) is 12.6 Å². The number of anilines is 2. The molecule has 0 aliphatic carbocycles. The van der Waals surface area contributed by atoms with Crippen molar-refractivity contribution in [1.29, 1.82) is 0 Å². The van der Waals surface area contributed by atoms with Gasteiger partial charge in [-0.2, -0.15) is 0 Å². The van der Waals surface area contributed by atoms with Crippen molar-refractivity contribution in [2.45, 2.75) is 19.5 Å². The number of aromatic nitrogens is 1. The van der Waals surface area contributed by atoms with E-state index in [1.165, 1.54) is 11.4 Å². The van der Waals surface area contributed by atoms with E-state index in [-0.39, 0.29) is 0 Å². The summed E-state index contributed by atoms with van der Waals surface area (Å²) in [5.74, 6) is 0. The number of hydrogen-bond donors (Lipinski definition) is 1. The molecule has 19 heavy (non-hydrogen) atoms. The lowest BCUT2D eigenvalue weighted by Gasteiger charge is -2.37. The maximum atomic E-state index is 4.47. The summed E-state index contributed by atoms with van der Waals surface area (Å²) in [5, 5.41) is 3.47. The van der Waals surface area contributed by atoms with Crippen molar-refractivity contribution in [3.63, 3.8) is 0 Å². The van der Waals surface area contributed by atoms with Gasteiger partial charge >= 0.3 is 0 Å². The SMILES string of the molecule is CC1CNc2ccccc2N1Cc1ccc(Br)cn1. The Morgan fingerprint density at radius 2 is 2.16 bits per heavy atom. The van der Waals surface area contributed by atoms with Crippen LogP contribution in [0.5, 0.6) is 0 Å². The van der Waals surface area contributed by atoms with E-state index in [2.05, 4.69) is 68.4 Å². The minimum atomic E-state index is 0.459. The first-order chi connectivity index (χ1) is 9.24. The molecule has 1 atom stereocenters. The molecule has 0 fully saturated rings. The van der Waals surface area contributed by atoms with E-state index in [1.54, 1.807) is 0 Å². The van der Waals surface area contributed by atoms with Crippen LogP contribution in [0.2, 0.25) is 0 Å². The molecule has 3 nitrogen and oxygen atoms in total. The topological polar surface area (TPSA) is 28.2 Å². The second-order valence-electron chi connectivity index (χ2n) is 4.84. The monoisotopic (exact) mass is 317 g/mol. The molecule has 0 amide bonds. The predicted molar refractivity (Wildman–Crippen MR) is 82.5 cm³/mol. The Bertz CT molecular complexity index is 568. The number of rotatable bonds is 2. The van der Waals surface area contributed by atoms with Gasteiger partial charge in [-0.15, -0.1) is 0 Å². The maximum Gasteiger partial charge on any atom is 0.0608 e. The van der Waals surface area contributed by atoms with Gasteiger partial charge < -0.3 is 10.2 Å². The summed E-state index contributed by atoms with van der Waals surface area (Å²) in [5.41, 5.74) is 3.55. The molecule has 1 aromatic heterocycles. The van der Waals surface area contributed by atoms with Gasteiger partial charge in [-0.05, 0) is 47.1 Å². The van der Waals surface area contributed by atoms with Gasteiger partial charge in [0.1, 0.15) is 0 Å². The van der Waals surface area contributed by atoms with Gasteiger partial charge in [-0.3, -0.25) is 4.98 Å². The third-order valence-electron chi connectivity index (χ3n) is 3.45. The first kappa shape index (κ1) is 12.5. The highest BCUT2D eigenvalue weighted by molar-refractivity contribution is 9.10. The van der Waals surface area contributed by atoms with E-state index in [4.69, 9.17) is 0 Å². The molecule has 1 N–H and O–H groups in total. The van der Waals surface area contributed by atoms with Crippen LogP contribution in [0.4, 0.5) is 11.4 Å². The number of pyridine rings is 1. The lowest BCUT2D eigenvalue weighted by Crippen LogP contribution is -2.41. The second-order valence-corrected chi connectivity index (χ2v) is 5.76. The van der Waals surface area contributed by atoms with Crippen LogP contribution in [-0.2, 0) is 6.54 Å². The third kappa shape index (κ3) is 2.59. The molecule has 2 heterocycles. The number of benzene rings is 1. The number of halogens is 1. The van der Waals surface area contributed by atoms with E-state index in [0.29, 0.717) is 6.04 Å². The highest BCUT2D eigenvalue weighted by Gasteiger charge is 2.22. The Balaban J connectivity index is 1.89. The van der Waals surface area contributed by atoms with Crippen LogP contribution in [0.15, 0.2) is 47.1 Å². The fraction of sp³-hybridized carbons (Fsp3) is 0.267. The average molecular weight is 318 g/mol. The molecule has 0 bridgehead atoms. The molecular weight excluding hydrogens is 302 g/mol. The Kier molecular flexibility index (Phi) is 3.42. The van der Waals surface area contributed by atoms with Crippen LogP contribution < -0.4 is 10.2 Å². The Morgan fingerprint density at radius 1 is 1.32 bits per heavy atom. The van der Waals surface area contributed by atoms with Crippen LogP contribution in [-0.4, -0.2) is 17.6 Å². The molecule has 98 valence electrons. The third-order valence-corrected chi connectivity index (χ3v) is 3.92. The minimum Gasteiger partial charge on any atom is -0.381 e. The van der Waals surface area contributed by atoms with Gasteiger partial charge in [-0.1, -0.05) is 12.1 Å². The summed E-state index contributed by atoms with van der Waals surface area (Å²) >= 11 is 3.42. The average Bonchev–Trinajstić information content (AvgIpc) is 2.44. The number of nitrogens with one attached hydrogen (secondary N) is 1. The van der Waals surface area contributed by atoms with Crippen molar-refractivity contribution < 1.29 is 0 Å². The van der Waals surface area contributed by atoms with Gasteiger partial charge in [0.05, 0.1) is 23.6 Å². The van der Waals surface area contributed by atoms with Crippen LogP contribution >= 0.6 is 15.9 Å². The highest BCUT2D eigenvalue weighted by Crippen LogP contribution is 2.32. The van der Waals surface area contributed by atoms with E-state index in [0.717, 1.165) is 23.3 Å². The standard InChI is InChI=1S/C15H16BrN3/c1-11-8-18-14-4-2-3-5-15(14)19(11)10-13-7-6-12(16)9-17-13/h2-7,9,11,18H,8,10H2,1H3. The summed E-state index contributed by atoms with van der Waals surface area (Å²) in [4.78, 5) is 6.88. The quantitative estimate of drug-likeness (QED) is 0.916. The zero-order valence-electron chi connectivity index (χ0n) is 10.8. The molecule has 1 aromatic carbocycles. The zero-order chi connectivity index (χ0) is 13.2. The molecule has 1 unspecified atom stereocenters. The van der Waals surface area contributed by atoms with E-state index >= 15 is 0 Å². The molecule has 0 spiro atoms. The fourth-order valence-corrected chi connectivity index (χ4v) is 2.63.